The number of halogens is 1. The first-order valence-corrected chi connectivity index (χ1v) is 11.9. The third-order valence-electron chi connectivity index (χ3n) is 5.41. The summed E-state index contributed by atoms with van der Waals surface area (Å²) in [6.07, 6.45) is 2.04. The minimum Gasteiger partial charge on any atom is -0.354 e. The van der Waals surface area contributed by atoms with Crippen molar-refractivity contribution in [1.29, 1.82) is 0 Å². The number of nitrogens with zero attached hydrogens (tertiary/aromatic N) is 2. The van der Waals surface area contributed by atoms with E-state index < -0.39 is 10.0 Å². The number of rotatable bonds is 7. The molecule has 1 fully saturated rings. The second-order valence-corrected chi connectivity index (χ2v) is 10.1. The minimum atomic E-state index is -3.96. The van der Waals surface area contributed by atoms with Gasteiger partial charge in [-0.25, -0.2) is 8.42 Å². The summed E-state index contributed by atoms with van der Waals surface area (Å²) in [7, 11) is -1.87. The SMILES string of the molecule is Cc1ccc(Cl)c(N(CC(=O)NCC2CCN(C)CC2)S(=O)(=O)c2ccccc2)c1. The number of carbonyl (C=O) groups is 1. The van der Waals surface area contributed by atoms with Crippen molar-refractivity contribution in [3.05, 3.63) is 59.1 Å². The van der Waals surface area contributed by atoms with Gasteiger partial charge in [-0.3, -0.25) is 9.10 Å². The zero-order valence-electron chi connectivity index (χ0n) is 17.3. The Morgan fingerprint density at radius 1 is 1.17 bits per heavy atom. The first-order valence-electron chi connectivity index (χ1n) is 10.1. The van der Waals surface area contributed by atoms with Crippen LogP contribution in [0.5, 0.6) is 0 Å². The number of aryl methyl sites for hydroxylation is 1. The van der Waals surface area contributed by atoms with Crippen LogP contribution >= 0.6 is 11.6 Å². The summed E-state index contributed by atoms with van der Waals surface area (Å²) in [6, 6.07) is 13.2. The van der Waals surface area contributed by atoms with Gasteiger partial charge in [0.2, 0.25) is 5.91 Å². The molecule has 0 atom stereocenters. The fourth-order valence-electron chi connectivity index (χ4n) is 3.54. The third-order valence-corrected chi connectivity index (χ3v) is 7.51. The van der Waals surface area contributed by atoms with Gasteiger partial charge < -0.3 is 10.2 Å². The molecule has 1 saturated heterocycles. The van der Waals surface area contributed by atoms with Crippen molar-refractivity contribution in [2.24, 2.45) is 5.92 Å². The second-order valence-electron chi connectivity index (χ2n) is 7.83. The predicted molar refractivity (Wildman–Crippen MR) is 120 cm³/mol. The van der Waals surface area contributed by atoms with Crippen molar-refractivity contribution in [2.45, 2.75) is 24.7 Å². The molecular weight excluding hydrogens is 422 g/mol. The first kappa shape index (κ1) is 22.6. The van der Waals surface area contributed by atoms with E-state index in [4.69, 9.17) is 11.6 Å². The minimum absolute atomic E-state index is 0.116. The summed E-state index contributed by atoms with van der Waals surface area (Å²) in [6.45, 7) is 4.09. The summed E-state index contributed by atoms with van der Waals surface area (Å²) >= 11 is 6.34. The van der Waals surface area contributed by atoms with Crippen LogP contribution in [0, 0.1) is 12.8 Å². The van der Waals surface area contributed by atoms with Gasteiger partial charge in [0.15, 0.2) is 0 Å². The molecule has 0 aliphatic carbocycles. The quantitative estimate of drug-likeness (QED) is 0.704. The summed E-state index contributed by atoms with van der Waals surface area (Å²) in [4.78, 5) is 15.1. The fourth-order valence-corrected chi connectivity index (χ4v) is 5.27. The Morgan fingerprint density at radius 3 is 2.50 bits per heavy atom. The van der Waals surface area contributed by atoms with Gasteiger partial charge in [0, 0.05) is 6.54 Å². The molecule has 2 aromatic carbocycles. The number of carbonyl (C=O) groups excluding carboxylic acids is 1. The van der Waals surface area contributed by atoms with Gasteiger partial charge in [0.25, 0.3) is 10.0 Å². The molecule has 0 aromatic heterocycles. The van der Waals surface area contributed by atoms with Crippen LogP contribution in [0.15, 0.2) is 53.4 Å². The van der Waals surface area contributed by atoms with Crippen molar-refractivity contribution < 1.29 is 13.2 Å². The Kier molecular flexibility index (Phi) is 7.39. The summed E-state index contributed by atoms with van der Waals surface area (Å²) < 4.78 is 27.8. The molecule has 0 spiro atoms. The molecule has 30 heavy (non-hydrogen) atoms. The molecule has 1 N–H and O–H groups in total. The van der Waals surface area contributed by atoms with Crippen LogP contribution in [0.2, 0.25) is 5.02 Å². The number of likely N-dealkylation sites (tertiary alicyclic amines) is 1. The summed E-state index contributed by atoms with van der Waals surface area (Å²) in [5.74, 6) is 0.0675. The Labute approximate surface area is 183 Å². The lowest BCUT2D eigenvalue weighted by atomic mass is 9.97. The van der Waals surface area contributed by atoms with E-state index in [1.54, 1.807) is 36.4 Å². The van der Waals surface area contributed by atoms with Crippen LogP contribution in [-0.4, -0.2) is 52.5 Å². The van der Waals surface area contributed by atoms with Crippen LogP contribution in [-0.2, 0) is 14.8 Å². The van der Waals surface area contributed by atoms with Crippen LogP contribution in [0.1, 0.15) is 18.4 Å². The average molecular weight is 450 g/mol. The van der Waals surface area contributed by atoms with E-state index in [0.29, 0.717) is 18.2 Å². The van der Waals surface area contributed by atoms with Crippen molar-refractivity contribution in [1.82, 2.24) is 10.2 Å². The van der Waals surface area contributed by atoms with Crippen molar-refractivity contribution >= 4 is 33.2 Å². The van der Waals surface area contributed by atoms with Gasteiger partial charge in [-0.1, -0.05) is 35.9 Å². The Bertz CT molecular complexity index is 974. The standard InChI is InChI=1S/C22H28ClN3O3S/c1-17-8-9-20(23)21(14-17)26(30(28,29)19-6-4-3-5-7-19)16-22(27)24-15-18-10-12-25(2)13-11-18/h3-9,14,18H,10-13,15-16H2,1-2H3,(H,24,27). The molecule has 1 heterocycles. The van der Waals surface area contributed by atoms with Gasteiger partial charge >= 0.3 is 0 Å². The highest BCUT2D eigenvalue weighted by molar-refractivity contribution is 7.92. The number of piperidine rings is 1. The van der Waals surface area contributed by atoms with E-state index in [0.717, 1.165) is 35.8 Å². The van der Waals surface area contributed by atoms with E-state index in [1.807, 2.05) is 6.92 Å². The maximum absolute atomic E-state index is 13.4. The molecule has 2 aromatic rings. The number of sulfonamides is 1. The first-order chi connectivity index (χ1) is 14.3. The number of hydrogen-bond acceptors (Lipinski definition) is 4. The highest BCUT2D eigenvalue weighted by Gasteiger charge is 2.29. The van der Waals surface area contributed by atoms with Crippen molar-refractivity contribution in [3.8, 4) is 0 Å². The van der Waals surface area contributed by atoms with Crippen LogP contribution in [0.25, 0.3) is 0 Å². The molecule has 1 aliphatic rings. The average Bonchev–Trinajstić information content (AvgIpc) is 2.74. The monoisotopic (exact) mass is 449 g/mol. The molecule has 1 amide bonds. The molecule has 0 radical (unpaired) electrons. The highest BCUT2D eigenvalue weighted by Crippen LogP contribution is 2.31. The topological polar surface area (TPSA) is 69.7 Å². The van der Waals surface area contributed by atoms with Gasteiger partial charge in [0.1, 0.15) is 6.54 Å². The molecular formula is C22H28ClN3O3S. The molecule has 162 valence electrons. The molecule has 0 bridgehead atoms. The zero-order chi connectivity index (χ0) is 21.7. The summed E-state index contributed by atoms with van der Waals surface area (Å²) in [5, 5.41) is 3.20. The van der Waals surface area contributed by atoms with Gasteiger partial charge in [-0.05, 0) is 75.6 Å². The smallest absolute Gasteiger partial charge is 0.264 e. The number of benzene rings is 2. The molecule has 8 heteroatoms. The molecule has 0 saturated carbocycles. The van der Waals surface area contributed by atoms with Crippen LogP contribution in [0.3, 0.4) is 0 Å². The predicted octanol–water partition coefficient (Wildman–Crippen LogP) is 3.30. The van der Waals surface area contributed by atoms with Crippen LogP contribution < -0.4 is 9.62 Å². The van der Waals surface area contributed by atoms with E-state index >= 15 is 0 Å². The van der Waals surface area contributed by atoms with Crippen LogP contribution in [0.4, 0.5) is 5.69 Å². The third kappa shape index (κ3) is 5.53. The van der Waals surface area contributed by atoms with E-state index in [2.05, 4.69) is 17.3 Å². The van der Waals surface area contributed by atoms with Gasteiger partial charge in [-0.2, -0.15) is 0 Å². The Morgan fingerprint density at radius 2 is 1.83 bits per heavy atom. The maximum atomic E-state index is 13.4. The summed E-state index contributed by atoms with van der Waals surface area (Å²) in [5.41, 5.74) is 1.16. The van der Waals surface area contributed by atoms with Crippen molar-refractivity contribution in [2.75, 3.05) is 37.5 Å². The zero-order valence-corrected chi connectivity index (χ0v) is 18.9. The molecule has 6 nitrogen and oxygen atoms in total. The Balaban J connectivity index is 1.81. The normalized spacial score (nSPS) is 15.7. The second kappa shape index (κ2) is 9.81. The molecule has 0 unspecified atom stereocenters. The lowest BCUT2D eigenvalue weighted by molar-refractivity contribution is -0.119. The van der Waals surface area contributed by atoms with Gasteiger partial charge in [0.05, 0.1) is 15.6 Å². The molecule has 1 aliphatic heterocycles. The van der Waals surface area contributed by atoms with Gasteiger partial charge in [-0.15, -0.1) is 0 Å². The lowest BCUT2D eigenvalue weighted by Crippen LogP contribution is -2.43. The van der Waals surface area contributed by atoms with E-state index in [9.17, 15) is 13.2 Å². The highest BCUT2D eigenvalue weighted by atomic mass is 35.5. The number of nitrogens with one attached hydrogen (secondary N) is 1. The van der Waals surface area contributed by atoms with E-state index in [1.165, 1.54) is 12.1 Å². The number of anilines is 1. The fraction of sp³-hybridized carbons (Fsp3) is 0.409. The Hall–Kier alpha value is -2.09. The number of hydrogen-bond donors (Lipinski definition) is 1. The lowest BCUT2D eigenvalue weighted by Gasteiger charge is -2.29. The van der Waals surface area contributed by atoms with E-state index in [-0.39, 0.29) is 22.4 Å². The molecule has 3 rings (SSSR count). The maximum Gasteiger partial charge on any atom is 0.264 e. The largest absolute Gasteiger partial charge is 0.354 e. The van der Waals surface area contributed by atoms with Crippen molar-refractivity contribution in [3.63, 3.8) is 0 Å². The number of amides is 1.